The third kappa shape index (κ3) is 1.74. The topological polar surface area (TPSA) is 12.4 Å². The normalized spacial score (nSPS) is 22.5. The van der Waals surface area contributed by atoms with E-state index in [2.05, 4.69) is 37.0 Å². The van der Waals surface area contributed by atoms with Gasteiger partial charge in [-0.15, -0.1) is 41.0 Å². The molecule has 0 unspecified atom stereocenters. The largest absolute Gasteiger partial charge is 0.302 e. The zero-order valence-electron chi connectivity index (χ0n) is 11.1. The molecule has 97 valence electrons. The number of hydrogen-bond acceptors (Lipinski definition) is 1. The molecule has 2 heteroatoms. The smallest absolute Gasteiger partial charge is 0.0270 e. The summed E-state index contributed by atoms with van der Waals surface area (Å²) >= 11 is 0. The van der Waals surface area contributed by atoms with Crippen LogP contribution in [0.2, 0.25) is 0 Å². The SMILES string of the molecule is CN=C1CCCC2=C1c1[c-]cccc1C2(C)C.[Ir]. The first-order valence-electron chi connectivity index (χ1n) is 6.37. The second kappa shape index (κ2) is 4.75. The summed E-state index contributed by atoms with van der Waals surface area (Å²) in [6.45, 7) is 4.67. The van der Waals surface area contributed by atoms with Crippen LogP contribution in [-0.2, 0) is 25.5 Å². The summed E-state index contributed by atoms with van der Waals surface area (Å²) in [5.41, 5.74) is 7.14. The molecular weight excluding hydrogens is 398 g/mol. The molecule has 0 N–H and O–H groups in total. The van der Waals surface area contributed by atoms with Crippen LogP contribution in [0.25, 0.3) is 5.57 Å². The predicted octanol–water partition coefficient (Wildman–Crippen LogP) is 3.78. The molecule has 0 fully saturated rings. The van der Waals surface area contributed by atoms with Crippen molar-refractivity contribution in [3.63, 3.8) is 0 Å². The Hall–Kier alpha value is -0.721. The number of hydrogen-bond donors (Lipinski definition) is 0. The molecule has 0 aliphatic heterocycles. The summed E-state index contributed by atoms with van der Waals surface area (Å²) in [4.78, 5) is 4.49. The quantitative estimate of drug-likeness (QED) is 0.571. The number of allylic oxidation sites excluding steroid dienone is 2. The molecule has 18 heavy (non-hydrogen) atoms. The van der Waals surface area contributed by atoms with Crippen LogP contribution in [0.15, 0.2) is 28.8 Å². The van der Waals surface area contributed by atoms with Gasteiger partial charge in [-0.3, -0.25) is 0 Å². The molecule has 3 rings (SSSR count). The second-order valence-corrected chi connectivity index (χ2v) is 5.46. The van der Waals surface area contributed by atoms with Crippen molar-refractivity contribution in [3.8, 4) is 0 Å². The maximum Gasteiger partial charge on any atom is 0.0270 e. The molecule has 2 aliphatic rings. The Morgan fingerprint density at radius 3 is 2.78 bits per heavy atom. The molecule has 1 aromatic carbocycles. The molecule has 0 atom stereocenters. The molecule has 0 bridgehead atoms. The van der Waals surface area contributed by atoms with Gasteiger partial charge < -0.3 is 4.99 Å². The average molecular weight is 417 g/mol. The molecule has 0 heterocycles. The fourth-order valence-electron chi connectivity index (χ4n) is 3.33. The van der Waals surface area contributed by atoms with Crippen molar-refractivity contribution in [2.24, 2.45) is 4.99 Å². The molecule has 0 amide bonds. The third-order valence-corrected chi connectivity index (χ3v) is 4.23. The minimum absolute atomic E-state index is 0. The van der Waals surface area contributed by atoms with Crippen molar-refractivity contribution in [3.05, 3.63) is 41.0 Å². The summed E-state index contributed by atoms with van der Waals surface area (Å²) in [5, 5.41) is 0. The van der Waals surface area contributed by atoms with Gasteiger partial charge in [-0.1, -0.05) is 19.4 Å². The number of rotatable bonds is 0. The van der Waals surface area contributed by atoms with Gasteiger partial charge in [0.15, 0.2) is 0 Å². The molecule has 0 spiro atoms. The molecule has 1 aromatic rings. The van der Waals surface area contributed by atoms with Crippen molar-refractivity contribution in [2.45, 2.75) is 38.5 Å². The van der Waals surface area contributed by atoms with Crippen molar-refractivity contribution in [1.82, 2.24) is 0 Å². The van der Waals surface area contributed by atoms with Gasteiger partial charge in [0.2, 0.25) is 0 Å². The Kier molecular flexibility index (Phi) is 3.62. The fourth-order valence-corrected chi connectivity index (χ4v) is 3.33. The minimum atomic E-state index is 0. The summed E-state index contributed by atoms with van der Waals surface area (Å²) in [5.74, 6) is 0. The molecular formula is C16H18IrN-. The zero-order chi connectivity index (χ0) is 12.0. The van der Waals surface area contributed by atoms with Crippen molar-refractivity contribution < 1.29 is 20.1 Å². The number of nitrogens with zero attached hydrogens (tertiary/aromatic N) is 1. The standard InChI is InChI=1S/C16H18N.Ir/c1-16(2)12-8-5-4-7-11(12)15-13(16)9-6-10-14(15)17-3;/h4-5,8H,6,9-10H2,1-3H3;/q-1;. The average Bonchev–Trinajstić information content (AvgIpc) is 2.60. The first-order chi connectivity index (χ1) is 8.16. The van der Waals surface area contributed by atoms with E-state index in [0.717, 1.165) is 6.42 Å². The van der Waals surface area contributed by atoms with Crippen LogP contribution in [0.4, 0.5) is 0 Å². The van der Waals surface area contributed by atoms with Crippen molar-refractivity contribution in [1.29, 1.82) is 0 Å². The van der Waals surface area contributed by atoms with E-state index in [1.165, 1.54) is 35.3 Å². The van der Waals surface area contributed by atoms with E-state index in [1.807, 2.05) is 13.1 Å². The Morgan fingerprint density at radius 2 is 2.06 bits per heavy atom. The van der Waals surface area contributed by atoms with Gasteiger partial charge in [0, 0.05) is 32.9 Å². The Balaban J connectivity index is 0.00000120. The maximum absolute atomic E-state index is 4.49. The van der Waals surface area contributed by atoms with E-state index in [1.54, 1.807) is 5.57 Å². The van der Waals surface area contributed by atoms with Gasteiger partial charge in [-0.25, -0.2) is 0 Å². The van der Waals surface area contributed by atoms with Crippen LogP contribution < -0.4 is 0 Å². The zero-order valence-corrected chi connectivity index (χ0v) is 13.5. The second-order valence-electron chi connectivity index (χ2n) is 5.46. The predicted molar refractivity (Wildman–Crippen MR) is 72.4 cm³/mol. The van der Waals surface area contributed by atoms with Crippen molar-refractivity contribution >= 4 is 11.3 Å². The van der Waals surface area contributed by atoms with Gasteiger partial charge in [0.05, 0.1) is 0 Å². The monoisotopic (exact) mass is 417 g/mol. The molecule has 1 radical (unpaired) electrons. The number of aliphatic imine (C=N–C) groups is 1. The van der Waals surface area contributed by atoms with E-state index in [0.29, 0.717) is 0 Å². The fraction of sp³-hybridized carbons (Fsp3) is 0.438. The Morgan fingerprint density at radius 1 is 1.28 bits per heavy atom. The third-order valence-electron chi connectivity index (χ3n) is 4.23. The van der Waals surface area contributed by atoms with E-state index < -0.39 is 0 Å². The van der Waals surface area contributed by atoms with Gasteiger partial charge >= 0.3 is 0 Å². The van der Waals surface area contributed by atoms with Crippen LogP contribution in [0.5, 0.6) is 0 Å². The summed E-state index contributed by atoms with van der Waals surface area (Å²) < 4.78 is 0. The molecule has 1 nitrogen and oxygen atoms in total. The molecule has 0 aromatic heterocycles. The van der Waals surface area contributed by atoms with Crippen LogP contribution in [0.3, 0.4) is 0 Å². The van der Waals surface area contributed by atoms with Crippen LogP contribution >= 0.6 is 0 Å². The number of fused-ring (bicyclic) bond motifs is 2. The first kappa shape index (κ1) is 13.7. The summed E-state index contributed by atoms with van der Waals surface area (Å²) in [6.07, 6.45) is 3.57. The minimum Gasteiger partial charge on any atom is -0.302 e. The van der Waals surface area contributed by atoms with E-state index in [-0.39, 0.29) is 25.5 Å². The molecule has 2 aliphatic carbocycles. The maximum atomic E-state index is 4.49. The van der Waals surface area contributed by atoms with E-state index in [4.69, 9.17) is 0 Å². The first-order valence-corrected chi connectivity index (χ1v) is 6.37. The summed E-state index contributed by atoms with van der Waals surface area (Å²) in [6, 6.07) is 9.80. The molecule has 0 saturated carbocycles. The molecule has 0 saturated heterocycles. The summed E-state index contributed by atoms with van der Waals surface area (Å²) in [7, 11) is 1.92. The van der Waals surface area contributed by atoms with Crippen LogP contribution in [0.1, 0.15) is 44.2 Å². The van der Waals surface area contributed by atoms with Gasteiger partial charge in [-0.05, 0) is 24.7 Å². The van der Waals surface area contributed by atoms with Gasteiger partial charge in [-0.2, -0.15) is 0 Å². The number of benzene rings is 1. The van der Waals surface area contributed by atoms with E-state index in [9.17, 15) is 0 Å². The Bertz CT molecular complexity index is 538. The van der Waals surface area contributed by atoms with Crippen LogP contribution in [-0.4, -0.2) is 12.8 Å². The van der Waals surface area contributed by atoms with Gasteiger partial charge in [0.1, 0.15) is 0 Å². The Labute approximate surface area is 123 Å². The van der Waals surface area contributed by atoms with E-state index >= 15 is 0 Å². The van der Waals surface area contributed by atoms with Crippen LogP contribution in [0, 0.1) is 6.07 Å². The van der Waals surface area contributed by atoms with Gasteiger partial charge in [0.25, 0.3) is 0 Å². The van der Waals surface area contributed by atoms with Crippen molar-refractivity contribution in [2.75, 3.05) is 7.05 Å².